The number of hydrogen-bond acceptors (Lipinski definition) is 2. The first kappa shape index (κ1) is 15.3. The van der Waals surface area contributed by atoms with Gasteiger partial charge in [-0.1, -0.05) is 44.4 Å². The van der Waals surface area contributed by atoms with E-state index in [-0.39, 0.29) is 17.5 Å². The molecule has 1 heterocycles. The Balaban J connectivity index is 2.11. The third kappa shape index (κ3) is 3.94. The molecule has 0 fully saturated rings. The summed E-state index contributed by atoms with van der Waals surface area (Å²) in [6.45, 7) is 4.15. The summed E-state index contributed by atoms with van der Waals surface area (Å²) in [5.41, 5.74) is 0.0953. The van der Waals surface area contributed by atoms with Gasteiger partial charge in [0.05, 0.1) is 0 Å². The van der Waals surface area contributed by atoms with E-state index < -0.39 is 0 Å². The SMILES string of the molecule is CCCCCC(C)NC(=O)c1cc2ccccc2c(=O)[nH]1. The molecule has 0 aliphatic rings. The van der Waals surface area contributed by atoms with Crippen molar-refractivity contribution in [1.82, 2.24) is 10.3 Å². The molecule has 1 aromatic heterocycles. The molecule has 0 saturated carbocycles. The number of aromatic amines is 1. The van der Waals surface area contributed by atoms with Crippen LogP contribution >= 0.6 is 0 Å². The summed E-state index contributed by atoms with van der Waals surface area (Å²) in [6.07, 6.45) is 4.40. The normalized spacial score (nSPS) is 12.3. The van der Waals surface area contributed by atoms with E-state index in [4.69, 9.17) is 0 Å². The predicted octanol–water partition coefficient (Wildman–Crippen LogP) is 3.23. The molecule has 0 aliphatic carbocycles. The summed E-state index contributed by atoms with van der Waals surface area (Å²) in [7, 11) is 0. The highest BCUT2D eigenvalue weighted by molar-refractivity contribution is 5.96. The van der Waals surface area contributed by atoms with Gasteiger partial charge in [-0.15, -0.1) is 0 Å². The third-order valence-electron chi connectivity index (χ3n) is 3.62. The molecule has 2 rings (SSSR count). The van der Waals surface area contributed by atoms with Gasteiger partial charge in [-0.25, -0.2) is 0 Å². The zero-order chi connectivity index (χ0) is 15.2. The van der Waals surface area contributed by atoms with E-state index in [0.29, 0.717) is 11.1 Å². The molecule has 2 aromatic rings. The molecule has 21 heavy (non-hydrogen) atoms. The van der Waals surface area contributed by atoms with Gasteiger partial charge in [0, 0.05) is 11.4 Å². The molecule has 2 N–H and O–H groups in total. The topological polar surface area (TPSA) is 62.0 Å². The van der Waals surface area contributed by atoms with Crippen LogP contribution in [-0.4, -0.2) is 16.9 Å². The average molecular weight is 286 g/mol. The lowest BCUT2D eigenvalue weighted by Gasteiger charge is -2.13. The summed E-state index contributed by atoms with van der Waals surface area (Å²) < 4.78 is 0. The number of fused-ring (bicyclic) bond motifs is 1. The maximum absolute atomic E-state index is 12.2. The van der Waals surface area contributed by atoms with Crippen molar-refractivity contribution in [3.63, 3.8) is 0 Å². The van der Waals surface area contributed by atoms with Crippen LogP contribution in [0.2, 0.25) is 0 Å². The van der Waals surface area contributed by atoms with Gasteiger partial charge in [-0.3, -0.25) is 9.59 Å². The van der Waals surface area contributed by atoms with Crippen molar-refractivity contribution in [3.05, 3.63) is 46.4 Å². The second kappa shape index (κ2) is 7.07. The molecule has 1 atom stereocenters. The molecule has 1 unspecified atom stereocenters. The summed E-state index contributed by atoms with van der Waals surface area (Å²) in [5.74, 6) is -0.221. The van der Waals surface area contributed by atoms with Crippen molar-refractivity contribution in [3.8, 4) is 0 Å². The monoisotopic (exact) mass is 286 g/mol. The fourth-order valence-corrected chi connectivity index (χ4v) is 2.41. The van der Waals surface area contributed by atoms with Crippen LogP contribution in [0.5, 0.6) is 0 Å². The zero-order valence-corrected chi connectivity index (χ0v) is 12.6. The Hall–Kier alpha value is -2.10. The third-order valence-corrected chi connectivity index (χ3v) is 3.62. The highest BCUT2D eigenvalue weighted by atomic mass is 16.2. The number of amides is 1. The number of pyridine rings is 1. The molecule has 1 amide bonds. The predicted molar refractivity (Wildman–Crippen MR) is 85.6 cm³/mol. The summed E-state index contributed by atoms with van der Waals surface area (Å²) >= 11 is 0. The Kier molecular flexibility index (Phi) is 5.14. The highest BCUT2D eigenvalue weighted by Gasteiger charge is 2.12. The number of nitrogens with one attached hydrogen (secondary N) is 2. The summed E-state index contributed by atoms with van der Waals surface area (Å²) in [5, 5.41) is 4.32. The fraction of sp³-hybridized carbons (Fsp3) is 0.412. The van der Waals surface area contributed by atoms with Crippen molar-refractivity contribution in [1.29, 1.82) is 0 Å². The zero-order valence-electron chi connectivity index (χ0n) is 12.6. The highest BCUT2D eigenvalue weighted by Crippen LogP contribution is 2.10. The van der Waals surface area contributed by atoms with Gasteiger partial charge in [0.2, 0.25) is 0 Å². The van der Waals surface area contributed by atoms with Crippen LogP contribution in [-0.2, 0) is 0 Å². The van der Waals surface area contributed by atoms with Crippen LogP contribution in [0.3, 0.4) is 0 Å². The minimum absolute atomic E-state index is 0.110. The number of carbonyl (C=O) groups is 1. The van der Waals surface area contributed by atoms with E-state index in [1.54, 1.807) is 12.1 Å². The van der Waals surface area contributed by atoms with Crippen molar-refractivity contribution >= 4 is 16.7 Å². The number of rotatable bonds is 6. The second-order valence-electron chi connectivity index (χ2n) is 5.47. The lowest BCUT2D eigenvalue weighted by molar-refractivity contribution is 0.0933. The number of hydrogen-bond donors (Lipinski definition) is 2. The molecule has 0 aliphatic heterocycles. The fourth-order valence-electron chi connectivity index (χ4n) is 2.41. The Bertz CT molecular complexity index is 676. The van der Waals surface area contributed by atoms with Crippen molar-refractivity contribution in [2.45, 2.75) is 45.6 Å². The van der Waals surface area contributed by atoms with Gasteiger partial charge in [0.1, 0.15) is 5.69 Å². The van der Waals surface area contributed by atoms with E-state index in [0.717, 1.165) is 18.2 Å². The lowest BCUT2D eigenvalue weighted by atomic mass is 10.1. The van der Waals surface area contributed by atoms with Crippen LogP contribution in [0.1, 0.15) is 50.0 Å². The van der Waals surface area contributed by atoms with Crippen LogP contribution in [0.25, 0.3) is 10.8 Å². The molecule has 1 aromatic carbocycles. The Labute approximate surface area is 124 Å². The first-order chi connectivity index (χ1) is 10.1. The van der Waals surface area contributed by atoms with Gasteiger partial charge in [-0.05, 0) is 30.9 Å². The number of carbonyl (C=O) groups excluding carboxylic acids is 1. The second-order valence-corrected chi connectivity index (χ2v) is 5.47. The Morgan fingerprint density at radius 3 is 2.81 bits per heavy atom. The van der Waals surface area contributed by atoms with Gasteiger partial charge in [-0.2, -0.15) is 0 Å². The van der Waals surface area contributed by atoms with Gasteiger partial charge in [0.25, 0.3) is 11.5 Å². The quantitative estimate of drug-likeness (QED) is 0.801. The lowest BCUT2D eigenvalue weighted by Crippen LogP contribution is -2.34. The molecule has 0 spiro atoms. The van der Waals surface area contributed by atoms with Crippen LogP contribution in [0.4, 0.5) is 0 Å². The van der Waals surface area contributed by atoms with Crippen molar-refractivity contribution in [2.24, 2.45) is 0 Å². The van der Waals surface area contributed by atoms with Gasteiger partial charge < -0.3 is 10.3 Å². The number of benzene rings is 1. The van der Waals surface area contributed by atoms with Crippen molar-refractivity contribution < 1.29 is 4.79 Å². The number of unbranched alkanes of at least 4 members (excludes halogenated alkanes) is 2. The summed E-state index contributed by atoms with van der Waals surface area (Å²) in [4.78, 5) is 26.8. The van der Waals surface area contributed by atoms with E-state index in [9.17, 15) is 9.59 Å². The largest absolute Gasteiger partial charge is 0.348 e. The minimum atomic E-state index is -0.225. The summed E-state index contributed by atoms with van der Waals surface area (Å²) in [6, 6.07) is 9.10. The Morgan fingerprint density at radius 2 is 2.05 bits per heavy atom. The molecule has 4 heteroatoms. The van der Waals surface area contributed by atoms with E-state index in [1.165, 1.54) is 12.8 Å². The average Bonchev–Trinajstić information content (AvgIpc) is 2.47. The number of aromatic nitrogens is 1. The van der Waals surface area contributed by atoms with E-state index >= 15 is 0 Å². The first-order valence-electron chi connectivity index (χ1n) is 7.54. The van der Waals surface area contributed by atoms with Gasteiger partial charge in [0.15, 0.2) is 0 Å². The molecule has 0 saturated heterocycles. The van der Waals surface area contributed by atoms with E-state index in [2.05, 4.69) is 17.2 Å². The molecule has 112 valence electrons. The van der Waals surface area contributed by atoms with Crippen LogP contribution in [0.15, 0.2) is 35.1 Å². The van der Waals surface area contributed by atoms with Crippen LogP contribution < -0.4 is 10.9 Å². The van der Waals surface area contributed by atoms with Crippen molar-refractivity contribution in [2.75, 3.05) is 0 Å². The molecular weight excluding hydrogens is 264 g/mol. The van der Waals surface area contributed by atoms with Gasteiger partial charge >= 0.3 is 0 Å². The molecular formula is C17H22N2O2. The maximum Gasteiger partial charge on any atom is 0.268 e. The number of H-pyrrole nitrogens is 1. The van der Waals surface area contributed by atoms with E-state index in [1.807, 2.05) is 25.1 Å². The minimum Gasteiger partial charge on any atom is -0.348 e. The standard InChI is InChI=1S/C17H22N2O2/c1-3-4-5-8-12(2)18-17(21)15-11-13-9-6-7-10-14(13)16(20)19-15/h6-7,9-12H,3-5,8H2,1-2H3,(H,18,21)(H,19,20). The molecule has 0 bridgehead atoms. The maximum atomic E-state index is 12.2. The van der Waals surface area contributed by atoms with Crippen LogP contribution in [0, 0.1) is 0 Å². The first-order valence-corrected chi connectivity index (χ1v) is 7.54. The molecule has 4 nitrogen and oxygen atoms in total. The molecule has 0 radical (unpaired) electrons. The smallest absolute Gasteiger partial charge is 0.268 e. The Morgan fingerprint density at radius 1 is 1.29 bits per heavy atom.